The highest BCUT2D eigenvalue weighted by molar-refractivity contribution is 5.86. The molecule has 0 radical (unpaired) electrons. The van der Waals surface area contributed by atoms with Crippen molar-refractivity contribution in [2.45, 2.75) is 44.6 Å². The maximum Gasteiger partial charge on any atom is 0.310 e. The molecule has 2 aliphatic carbocycles. The molecule has 1 fully saturated rings. The molecule has 134 valence electrons. The van der Waals surface area contributed by atoms with Gasteiger partial charge in [-0.05, 0) is 48.8 Å². The number of aryl methyl sites for hydroxylation is 2. The third-order valence-corrected chi connectivity index (χ3v) is 4.62. The van der Waals surface area contributed by atoms with Gasteiger partial charge in [0.1, 0.15) is 0 Å². The summed E-state index contributed by atoms with van der Waals surface area (Å²) < 4.78 is 5.06. The molecule has 25 heavy (non-hydrogen) atoms. The van der Waals surface area contributed by atoms with Crippen LogP contribution in [0.15, 0.2) is 18.2 Å². The van der Waals surface area contributed by atoms with Crippen LogP contribution < -0.4 is 5.32 Å². The lowest BCUT2D eigenvalue weighted by Gasteiger charge is -2.16. The van der Waals surface area contributed by atoms with E-state index in [9.17, 15) is 14.4 Å². The first-order valence-electron chi connectivity index (χ1n) is 8.81. The maximum atomic E-state index is 12.0. The number of hydrogen-bond donors (Lipinski definition) is 1. The van der Waals surface area contributed by atoms with Gasteiger partial charge in [-0.1, -0.05) is 18.2 Å². The van der Waals surface area contributed by atoms with Gasteiger partial charge in [-0.3, -0.25) is 14.4 Å². The van der Waals surface area contributed by atoms with Gasteiger partial charge in [0.05, 0.1) is 13.0 Å². The summed E-state index contributed by atoms with van der Waals surface area (Å²) in [5.74, 6) is -0.988. The molecular formula is C19H24N2O4. The van der Waals surface area contributed by atoms with Gasteiger partial charge in [0.25, 0.3) is 5.91 Å². The van der Waals surface area contributed by atoms with Crippen LogP contribution in [0.25, 0.3) is 0 Å². The van der Waals surface area contributed by atoms with E-state index in [0.29, 0.717) is 0 Å². The average molecular weight is 344 g/mol. The number of nitrogens with zero attached hydrogens (tertiary/aromatic N) is 1. The second-order valence-corrected chi connectivity index (χ2v) is 6.89. The largest absolute Gasteiger partial charge is 0.455 e. The number of ether oxygens (including phenoxy) is 1. The Hall–Kier alpha value is -2.37. The van der Waals surface area contributed by atoms with Gasteiger partial charge in [0.15, 0.2) is 6.61 Å². The Balaban J connectivity index is 1.40. The number of amides is 2. The summed E-state index contributed by atoms with van der Waals surface area (Å²) in [6, 6.07) is 6.34. The van der Waals surface area contributed by atoms with Crippen molar-refractivity contribution >= 4 is 17.8 Å². The minimum Gasteiger partial charge on any atom is -0.455 e. The van der Waals surface area contributed by atoms with Crippen molar-refractivity contribution < 1.29 is 19.1 Å². The smallest absolute Gasteiger partial charge is 0.310 e. The SMILES string of the molecule is CN(CC(=O)NC1CC1)C(=O)COC(=O)Cc1ccc2c(c1)CCC2. The van der Waals surface area contributed by atoms with E-state index in [1.807, 2.05) is 6.07 Å². The van der Waals surface area contributed by atoms with E-state index in [2.05, 4.69) is 17.4 Å². The Bertz CT molecular complexity index is 682. The van der Waals surface area contributed by atoms with E-state index >= 15 is 0 Å². The average Bonchev–Trinajstić information content (AvgIpc) is 3.25. The summed E-state index contributed by atoms with van der Waals surface area (Å²) in [7, 11) is 1.53. The molecule has 0 bridgehead atoms. The van der Waals surface area contributed by atoms with E-state index in [0.717, 1.165) is 31.2 Å². The van der Waals surface area contributed by atoms with Crippen LogP contribution >= 0.6 is 0 Å². The Morgan fingerprint density at radius 3 is 2.72 bits per heavy atom. The Labute approximate surface area is 147 Å². The van der Waals surface area contributed by atoms with Crippen molar-refractivity contribution in [3.8, 4) is 0 Å². The zero-order chi connectivity index (χ0) is 17.8. The van der Waals surface area contributed by atoms with Gasteiger partial charge in [0.2, 0.25) is 5.91 Å². The van der Waals surface area contributed by atoms with Gasteiger partial charge in [-0.25, -0.2) is 0 Å². The van der Waals surface area contributed by atoms with E-state index in [1.165, 1.54) is 29.5 Å². The number of esters is 1. The summed E-state index contributed by atoms with van der Waals surface area (Å²) in [5, 5.41) is 2.82. The number of benzene rings is 1. The fraction of sp³-hybridized carbons (Fsp3) is 0.526. The second kappa shape index (κ2) is 7.68. The number of likely N-dealkylation sites (N-methyl/N-ethyl adjacent to an activating group) is 1. The summed E-state index contributed by atoms with van der Waals surface area (Å²) in [6.45, 7) is -0.352. The first kappa shape index (κ1) is 17.5. The molecule has 6 nitrogen and oxygen atoms in total. The molecule has 2 aliphatic rings. The number of nitrogens with one attached hydrogen (secondary N) is 1. The number of carbonyl (C=O) groups is 3. The molecule has 6 heteroatoms. The molecule has 3 rings (SSSR count). The highest BCUT2D eigenvalue weighted by Crippen LogP contribution is 2.23. The van der Waals surface area contributed by atoms with Gasteiger partial charge in [-0.15, -0.1) is 0 Å². The predicted molar refractivity (Wildman–Crippen MR) is 91.9 cm³/mol. The maximum absolute atomic E-state index is 12.0. The van der Waals surface area contributed by atoms with Crippen molar-refractivity contribution in [1.29, 1.82) is 0 Å². The highest BCUT2D eigenvalue weighted by atomic mass is 16.5. The minimum atomic E-state index is -0.429. The molecule has 0 unspecified atom stereocenters. The lowest BCUT2D eigenvalue weighted by Crippen LogP contribution is -2.40. The van der Waals surface area contributed by atoms with Crippen molar-refractivity contribution in [2.75, 3.05) is 20.2 Å². The minimum absolute atomic E-state index is 0.0162. The first-order valence-corrected chi connectivity index (χ1v) is 8.81. The van der Waals surface area contributed by atoms with Crippen LogP contribution in [0, 0.1) is 0 Å². The predicted octanol–water partition coefficient (Wildman–Crippen LogP) is 0.998. The fourth-order valence-corrected chi connectivity index (χ4v) is 3.01. The fourth-order valence-electron chi connectivity index (χ4n) is 3.01. The van der Waals surface area contributed by atoms with Crippen LogP contribution in [0.3, 0.4) is 0 Å². The lowest BCUT2D eigenvalue weighted by atomic mass is 10.0. The van der Waals surface area contributed by atoms with Crippen LogP contribution in [0.2, 0.25) is 0 Å². The number of hydrogen-bond acceptors (Lipinski definition) is 4. The molecule has 2 amide bonds. The van der Waals surface area contributed by atoms with E-state index in [1.54, 1.807) is 0 Å². The second-order valence-electron chi connectivity index (χ2n) is 6.89. The summed E-state index contributed by atoms with van der Waals surface area (Å²) in [6.07, 6.45) is 5.50. The van der Waals surface area contributed by atoms with E-state index in [-0.39, 0.29) is 37.4 Å². The Kier molecular flexibility index (Phi) is 5.36. The summed E-state index contributed by atoms with van der Waals surface area (Å²) >= 11 is 0. The highest BCUT2D eigenvalue weighted by Gasteiger charge is 2.24. The molecule has 0 heterocycles. The Morgan fingerprint density at radius 2 is 1.96 bits per heavy atom. The number of fused-ring (bicyclic) bond motifs is 1. The van der Waals surface area contributed by atoms with Crippen molar-refractivity contribution in [3.63, 3.8) is 0 Å². The van der Waals surface area contributed by atoms with Crippen molar-refractivity contribution in [3.05, 3.63) is 34.9 Å². The van der Waals surface area contributed by atoms with Crippen LogP contribution in [0.5, 0.6) is 0 Å². The molecule has 0 aromatic heterocycles. The number of rotatable bonds is 7. The molecule has 0 saturated heterocycles. The topological polar surface area (TPSA) is 75.7 Å². The van der Waals surface area contributed by atoms with Gasteiger partial charge in [-0.2, -0.15) is 0 Å². The van der Waals surface area contributed by atoms with Crippen LogP contribution in [-0.2, 0) is 38.4 Å². The van der Waals surface area contributed by atoms with Crippen LogP contribution in [0.1, 0.15) is 36.0 Å². The molecule has 1 aromatic rings. The molecule has 1 N–H and O–H groups in total. The van der Waals surface area contributed by atoms with E-state index < -0.39 is 5.97 Å². The molecule has 1 aromatic carbocycles. The zero-order valence-electron chi connectivity index (χ0n) is 14.5. The molecule has 1 saturated carbocycles. The quantitative estimate of drug-likeness (QED) is 0.749. The Morgan fingerprint density at radius 1 is 1.20 bits per heavy atom. The van der Waals surface area contributed by atoms with Gasteiger partial charge < -0.3 is 15.0 Å². The molecule has 0 spiro atoms. The van der Waals surface area contributed by atoms with Crippen molar-refractivity contribution in [2.24, 2.45) is 0 Å². The third-order valence-electron chi connectivity index (χ3n) is 4.62. The third kappa shape index (κ3) is 5.05. The van der Waals surface area contributed by atoms with E-state index in [4.69, 9.17) is 4.74 Å². The molecule has 0 atom stereocenters. The van der Waals surface area contributed by atoms with Gasteiger partial charge in [0, 0.05) is 13.1 Å². The first-order chi connectivity index (χ1) is 12.0. The summed E-state index contributed by atoms with van der Waals surface area (Å²) in [5.41, 5.74) is 3.58. The number of carbonyl (C=O) groups excluding carboxylic acids is 3. The van der Waals surface area contributed by atoms with Crippen LogP contribution in [0.4, 0.5) is 0 Å². The molecular weight excluding hydrogens is 320 g/mol. The normalized spacial score (nSPS) is 15.4. The van der Waals surface area contributed by atoms with Gasteiger partial charge >= 0.3 is 5.97 Å². The molecule has 0 aliphatic heterocycles. The van der Waals surface area contributed by atoms with Crippen molar-refractivity contribution in [1.82, 2.24) is 10.2 Å². The monoisotopic (exact) mass is 344 g/mol. The zero-order valence-corrected chi connectivity index (χ0v) is 14.5. The standard InChI is InChI=1S/C19H24N2O4/c1-21(11-17(22)20-16-7-8-16)18(23)12-25-19(24)10-13-5-6-14-3-2-4-15(14)9-13/h5-6,9,16H,2-4,7-8,10-12H2,1H3,(H,20,22). The lowest BCUT2D eigenvalue weighted by molar-refractivity contribution is -0.151. The summed E-state index contributed by atoms with van der Waals surface area (Å²) in [4.78, 5) is 36.8. The van der Waals surface area contributed by atoms with Crippen LogP contribution in [-0.4, -0.2) is 48.9 Å².